The van der Waals surface area contributed by atoms with Crippen molar-refractivity contribution in [3.8, 4) is 17.7 Å². The molecule has 2 amide bonds. The fourth-order valence-electron chi connectivity index (χ4n) is 3.67. The lowest BCUT2D eigenvalue weighted by Crippen LogP contribution is -2.29. The average molecular weight is 426 g/mol. The molecule has 0 unspecified atom stereocenters. The lowest BCUT2D eigenvalue weighted by atomic mass is 10.1. The molecule has 0 aliphatic carbocycles. The summed E-state index contributed by atoms with van der Waals surface area (Å²) < 4.78 is 17.3. The maximum Gasteiger partial charge on any atom is 0.252 e. The summed E-state index contributed by atoms with van der Waals surface area (Å²) in [6.45, 7) is 4.86. The van der Waals surface area contributed by atoms with Gasteiger partial charge in [-0.1, -0.05) is 0 Å². The number of carbonyl (C=O) groups excluding carboxylic acids is 2. The molecule has 1 aliphatic rings. The third kappa shape index (κ3) is 5.03. The molecule has 2 heterocycles. The summed E-state index contributed by atoms with van der Waals surface area (Å²) in [5.74, 6) is -0.103. The van der Waals surface area contributed by atoms with Gasteiger partial charge in [-0.3, -0.25) is 9.59 Å². The predicted molar refractivity (Wildman–Crippen MR) is 113 cm³/mol. The number of fused-ring (bicyclic) bond motifs is 1. The van der Waals surface area contributed by atoms with E-state index < -0.39 is 5.91 Å². The first-order valence-electron chi connectivity index (χ1n) is 10.0. The fraction of sp³-hybridized carbons (Fsp3) is 0.455. The van der Waals surface area contributed by atoms with Gasteiger partial charge in [0.15, 0.2) is 0 Å². The number of benzene rings is 1. The van der Waals surface area contributed by atoms with Crippen LogP contribution in [0.5, 0.6) is 11.6 Å². The SMILES string of the molecule is CO[C@H]1CN(C(=O)CC#N)C[C@@H]1COc1nccc2cc(C(N)=O)c(OC(C)C)cc12. The van der Waals surface area contributed by atoms with Crippen LogP contribution in [0, 0.1) is 17.2 Å². The molecule has 2 N–H and O–H groups in total. The quantitative estimate of drug-likeness (QED) is 0.682. The Morgan fingerprint density at radius 3 is 2.77 bits per heavy atom. The molecule has 0 bridgehead atoms. The Morgan fingerprint density at radius 2 is 2.13 bits per heavy atom. The normalized spacial score (nSPS) is 18.2. The van der Waals surface area contributed by atoms with Crippen LogP contribution in [0.3, 0.4) is 0 Å². The van der Waals surface area contributed by atoms with Crippen LogP contribution in [0.1, 0.15) is 30.6 Å². The lowest BCUT2D eigenvalue weighted by Gasteiger charge is -2.18. The van der Waals surface area contributed by atoms with Gasteiger partial charge in [0.2, 0.25) is 11.8 Å². The van der Waals surface area contributed by atoms with Crippen LogP contribution in [0.4, 0.5) is 0 Å². The summed E-state index contributed by atoms with van der Waals surface area (Å²) in [4.78, 5) is 29.9. The van der Waals surface area contributed by atoms with E-state index in [-0.39, 0.29) is 37.1 Å². The number of aromatic nitrogens is 1. The molecule has 164 valence electrons. The van der Waals surface area contributed by atoms with Crippen LogP contribution in [-0.4, -0.2) is 60.7 Å². The third-order valence-corrected chi connectivity index (χ3v) is 5.16. The molecular weight excluding hydrogens is 400 g/mol. The highest BCUT2D eigenvalue weighted by Gasteiger charge is 2.35. The van der Waals surface area contributed by atoms with Crippen LogP contribution in [0.15, 0.2) is 24.4 Å². The van der Waals surface area contributed by atoms with Crippen LogP contribution in [-0.2, 0) is 9.53 Å². The Balaban J connectivity index is 1.83. The standard InChI is InChI=1S/C22H26N4O5/c1-13(2)31-18-9-16-14(8-17(18)21(24)28)5-7-25-22(16)30-12-15-10-26(11-19(15)29-3)20(27)4-6-23/h5,7-9,13,15,19H,4,10-12H2,1-3H3,(H2,24,28)/t15-,19+/m1/s1. The smallest absolute Gasteiger partial charge is 0.252 e. The van der Waals surface area contributed by atoms with Gasteiger partial charge in [0.05, 0.1) is 30.4 Å². The summed E-state index contributed by atoms with van der Waals surface area (Å²) in [6.07, 6.45) is 1.10. The van der Waals surface area contributed by atoms with Gasteiger partial charge in [0.1, 0.15) is 12.2 Å². The minimum Gasteiger partial charge on any atom is -0.490 e. The van der Waals surface area contributed by atoms with E-state index in [1.807, 2.05) is 19.9 Å². The summed E-state index contributed by atoms with van der Waals surface area (Å²) in [6, 6.07) is 7.03. The van der Waals surface area contributed by atoms with Crippen molar-refractivity contribution in [3.63, 3.8) is 0 Å². The van der Waals surface area contributed by atoms with Gasteiger partial charge >= 0.3 is 0 Å². The van der Waals surface area contributed by atoms with Gasteiger partial charge in [0, 0.05) is 37.7 Å². The van der Waals surface area contributed by atoms with Crippen molar-refractivity contribution >= 4 is 22.6 Å². The molecule has 9 nitrogen and oxygen atoms in total. The first kappa shape index (κ1) is 22.3. The van der Waals surface area contributed by atoms with Gasteiger partial charge in [-0.25, -0.2) is 4.98 Å². The zero-order valence-electron chi connectivity index (χ0n) is 17.8. The van der Waals surface area contributed by atoms with Crippen molar-refractivity contribution in [2.75, 3.05) is 26.8 Å². The molecule has 1 aromatic carbocycles. The maximum atomic E-state index is 12.1. The van der Waals surface area contributed by atoms with Gasteiger partial charge in [-0.2, -0.15) is 5.26 Å². The third-order valence-electron chi connectivity index (χ3n) is 5.16. The number of nitrogens with zero attached hydrogens (tertiary/aromatic N) is 3. The zero-order chi connectivity index (χ0) is 22.5. The van der Waals surface area contributed by atoms with Crippen molar-refractivity contribution in [1.82, 2.24) is 9.88 Å². The Labute approximate surface area is 180 Å². The fourth-order valence-corrected chi connectivity index (χ4v) is 3.67. The average Bonchev–Trinajstić information content (AvgIpc) is 3.15. The number of likely N-dealkylation sites (tertiary alicyclic amines) is 1. The second kappa shape index (κ2) is 9.62. The number of carbonyl (C=O) groups is 2. The summed E-state index contributed by atoms with van der Waals surface area (Å²) >= 11 is 0. The van der Waals surface area contributed by atoms with Crippen molar-refractivity contribution in [3.05, 3.63) is 30.0 Å². The highest BCUT2D eigenvalue weighted by Crippen LogP contribution is 2.32. The van der Waals surface area contributed by atoms with Gasteiger partial charge in [-0.15, -0.1) is 0 Å². The van der Waals surface area contributed by atoms with E-state index in [0.29, 0.717) is 35.7 Å². The number of nitriles is 1. The van der Waals surface area contributed by atoms with E-state index in [2.05, 4.69) is 4.98 Å². The van der Waals surface area contributed by atoms with E-state index in [4.69, 9.17) is 25.2 Å². The number of hydrogen-bond donors (Lipinski definition) is 1. The van der Waals surface area contributed by atoms with Gasteiger partial charge in [-0.05, 0) is 37.4 Å². The molecule has 0 saturated carbocycles. The van der Waals surface area contributed by atoms with Gasteiger partial charge < -0.3 is 24.8 Å². The minimum absolute atomic E-state index is 0.0685. The molecule has 2 aromatic rings. The number of methoxy groups -OCH3 is 1. The monoisotopic (exact) mass is 426 g/mol. The van der Waals surface area contributed by atoms with Crippen molar-refractivity contribution < 1.29 is 23.8 Å². The van der Waals surface area contributed by atoms with Crippen molar-refractivity contribution in [2.45, 2.75) is 32.5 Å². The first-order valence-corrected chi connectivity index (χ1v) is 10.0. The van der Waals surface area contributed by atoms with E-state index in [1.165, 1.54) is 0 Å². The molecule has 31 heavy (non-hydrogen) atoms. The number of hydrogen-bond acceptors (Lipinski definition) is 7. The van der Waals surface area contributed by atoms with Crippen molar-refractivity contribution in [1.29, 1.82) is 5.26 Å². The molecule has 1 fully saturated rings. The summed E-state index contributed by atoms with van der Waals surface area (Å²) in [5, 5.41) is 10.2. The zero-order valence-corrected chi connectivity index (χ0v) is 17.8. The van der Waals surface area contributed by atoms with E-state index >= 15 is 0 Å². The topological polar surface area (TPSA) is 128 Å². The second-order valence-electron chi connectivity index (χ2n) is 7.70. The second-order valence-corrected chi connectivity index (χ2v) is 7.70. The first-order chi connectivity index (χ1) is 14.8. The molecule has 2 atom stereocenters. The van der Waals surface area contributed by atoms with E-state index in [1.54, 1.807) is 36.4 Å². The molecule has 9 heteroatoms. The molecule has 1 saturated heterocycles. The van der Waals surface area contributed by atoms with E-state index in [9.17, 15) is 9.59 Å². The molecule has 3 rings (SSSR count). The van der Waals surface area contributed by atoms with Gasteiger partial charge in [0.25, 0.3) is 5.91 Å². The largest absolute Gasteiger partial charge is 0.490 e. The van der Waals surface area contributed by atoms with Crippen molar-refractivity contribution in [2.24, 2.45) is 11.7 Å². The van der Waals surface area contributed by atoms with Crippen LogP contribution in [0.25, 0.3) is 10.8 Å². The summed E-state index contributed by atoms with van der Waals surface area (Å²) in [7, 11) is 1.59. The highest BCUT2D eigenvalue weighted by molar-refractivity contribution is 6.01. The Morgan fingerprint density at radius 1 is 1.35 bits per heavy atom. The molecule has 0 radical (unpaired) electrons. The molecule has 0 spiro atoms. The van der Waals surface area contributed by atoms with Crippen LogP contribution >= 0.6 is 0 Å². The van der Waals surface area contributed by atoms with Crippen LogP contribution < -0.4 is 15.2 Å². The molecule has 1 aromatic heterocycles. The number of nitrogens with two attached hydrogens (primary N) is 1. The number of amides is 2. The Hall–Kier alpha value is -3.38. The molecule has 1 aliphatic heterocycles. The number of rotatable bonds is 8. The van der Waals surface area contributed by atoms with Crippen LogP contribution in [0.2, 0.25) is 0 Å². The Bertz CT molecular complexity index is 1020. The minimum atomic E-state index is -0.576. The molecular formula is C22H26N4O5. The lowest BCUT2D eigenvalue weighted by molar-refractivity contribution is -0.129. The number of primary amides is 1. The predicted octanol–water partition coefficient (Wildman–Crippen LogP) is 1.89. The highest BCUT2D eigenvalue weighted by atomic mass is 16.5. The number of pyridine rings is 1. The summed E-state index contributed by atoms with van der Waals surface area (Å²) in [5.41, 5.74) is 5.81. The maximum absolute atomic E-state index is 12.1. The Kier molecular flexibility index (Phi) is 6.92. The number of ether oxygens (including phenoxy) is 3. The van der Waals surface area contributed by atoms with E-state index in [0.717, 1.165) is 5.39 Å².